The summed E-state index contributed by atoms with van der Waals surface area (Å²) in [6, 6.07) is 0. The predicted octanol–water partition coefficient (Wildman–Crippen LogP) is 4.60. The summed E-state index contributed by atoms with van der Waals surface area (Å²) in [5, 5.41) is 0. The van der Waals surface area contributed by atoms with Crippen molar-refractivity contribution in [1.29, 1.82) is 0 Å². The van der Waals surface area contributed by atoms with Crippen LogP contribution in [0.15, 0.2) is 0 Å². The minimum atomic E-state index is -0.666. The van der Waals surface area contributed by atoms with Gasteiger partial charge in [-0.3, -0.25) is 0 Å². The molecule has 0 fully saturated rings. The van der Waals surface area contributed by atoms with Crippen molar-refractivity contribution >= 4 is 58.4 Å². The third-order valence-electron chi connectivity index (χ3n) is 2.27. The summed E-state index contributed by atoms with van der Waals surface area (Å²) in [5.41, 5.74) is 0. The Labute approximate surface area is 126 Å². The molecule has 94 valence electrons. The van der Waals surface area contributed by atoms with Gasteiger partial charge in [-0.15, -0.1) is 0 Å². The van der Waals surface area contributed by atoms with Crippen molar-refractivity contribution in [3.8, 4) is 0 Å². The fraction of sp³-hybridized carbons (Fsp3) is 1.00. The molecule has 0 nitrogen and oxygen atoms in total. The van der Waals surface area contributed by atoms with E-state index in [1.807, 2.05) is 0 Å². The summed E-state index contributed by atoms with van der Waals surface area (Å²) in [4.78, 5) is 0. The molecule has 0 aromatic rings. The Kier molecular flexibility index (Phi) is 10.2. The van der Waals surface area contributed by atoms with Crippen molar-refractivity contribution in [2.24, 2.45) is 0 Å². The molecule has 16 heavy (non-hydrogen) atoms. The van der Waals surface area contributed by atoms with Crippen LogP contribution in [0.3, 0.4) is 0 Å². The Morgan fingerprint density at radius 3 is 1.19 bits per heavy atom. The maximum absolute atomic E-state index is 2.54. The maximum atomic E-state index is 2.54. The number of unbranched alkanes of at least 4 members (excludes halogenated alkanes) is 1. The first-order valence-electron chi connectivity index (χ1n) is 6.62. The first kappa shape index (κ1) is 18.0. The Bertz CT molecular complexity index is 151. The zero-order valence-electron chi connectivity index (χ0n) is 12.2. The monoisotopic (exact) mass is 470 g/mol. The second-order valence-electron chi connectivity index (χ2n) is 7.18. The Hall–Kier alpha value is 2.03. The fourth-order valence-corrected chi connectivity index (χ4v) is 22.0. The van der Waals surface area contributed by atoms with E-state index in [0.717, 1.165) is 0 Å². The van der Waals surface area contributed by atoms with E-state index < -0.39 is 16.1 Å². The van der Waals surface area contributed by atoms with Gasteiger partial charge in [0, 0.05) is 0 Å². The molecule has 0 spiro atoms. The van der Waals surface area contributed by atoms with Gasteiger partial charge in [-0.05, 0) is 0 Å². The normalized spacial score (nSPS) is 13.1. The molecule has 0 aliphatic carbocycles. The first-order valence-corrected chi connectivity index (χ1v) is 22.1. The van der Waals surface area contributed by atoms with Gasteiger partial charge in [-0.1, -0.05) is 0 Å². The zero-order chi connectivity index (χ0) is 12.7. The summed E-state index contributed by atoms with van der Waals surface area (Å²) in [7, 11) is -1.33. The molecule has 4 radical (unpaired) electrons. The number of hydrogen-bond acceptors (Lipinski definition) is 0. The van der Waals surface area contributed by atoms with Crippen molar-refractivity contribution < 1.29 is 0 Å². The van der Waals surface area contributed by atoms with Crippen LogP contribution in [0.4, 0.5) is 0 Å². The Morgan fingerprint density at radius 2 is 0.938 bits per heavy atom. The van der Waals surface area contributed by atoms with Crippen LogP contribution in [0, 0.1) is 0 Å². The molecule has 0 aliphatic rings. The Morgan fingerprint density at radius 1 is 0.625 bits per heavy atom. The molecule has 0 unspecified atom stereocenters. The van der Waals surface area contributed by atoms with Crippen molar-refractivity contribution in [3.63, 3.8) is 0 Å². The third-order valence-corrected chi connectivity index (χ3v) is 31.4. The van der Waals surface area contributed by atoms with E-state index in [0.29, 0.717) is 0 Å². The molecule has 0 N–H and O–H groups in total. The molecule has 0 bridgehead atoms. The SMILES string of the molecule is C[Si](C)(C)[CH2][Sn][CH2]CC[CH2][Sn][CH2][Si](C)(C)C. The van der Waals surface area contributed by atoms with Crippen LogP contribution in [-0.4, -0.2) is 58.4 Å². The van der Waals surface area contributed by atoms with Gasteiger partial charge in [0.2, 0.25) is 0 Å². The summed E-state index contributed by atoms with van der Waals surface area (Å²) in [5.74, 6) is 0. The van der Waals surface area contributed by atoms with Gasteiger partial charge < -0.3 is 0 Å². The van der Waals surface area contributed by atoms with Crippen LogP contribution in [0.5, 0.6) is 0 Å². The molecule has 0 aliphatic heterocycles. The van der Waals surface area contributed by atoms with E-state index in [4.69, 9.17) is 0 Å². The topological polar surface area (TPSA) is 0 Å². The van der Waals surface area contributed by atoms with Gasteiger partial charge in [-0.2, -0.15) is 0 Å². The molecule has 0 aromatic carbocycles. The summed E-state index contributed by atoms with van der Waals surface area (Å²) < 4.78 is 6.79. The van der Waals surface area contributed by atoms with Crippen LogP contribution < -0.4 is 0 Å². The summed E-state index contributed by atoms with van der Waals surface area (Å²) in [6.45, 7) is 15.2. The first-order chi connectivity index (χ1) is 7.21. The van der Waals surface area contributed by atoms with E-state index in [2.05, 4.69) is 39.3 Å². The summed E-state index contributed by atoms with van der Waals surface area (Å²) >= 11 is 0.144. The number of hydrogen-bond donors (Lipinski definition) is 0. The average Bonchev–Trinajstić information content (AvgIpc) is 2.06. The van der Waals surface area contributed by atoms with Crippen LogP contribution in [0.2, 0.25) is 56.3 Å². The van der Waals surface area contributed by atoms with Crippen molar-refractivity contribution in [2.45, 2.75) is 69.1 Å². The van der Waals surface area contributed by atoms with Gasteiger partial charge in [-0.25, -0.2) is 0 Å². The molecule has 0 atom stereocenters. The fourth-order valence-electron chi connectivity index (χ4n) is 1.43. The summed E-state index contributed by atoms with van der Waals surface area (Å²) in [6.07, 6.45) is 3.20. The quantitative estimate of drug-likeness (QED) is 0.343. The van der Waals surface area contributed by atoms with Crippen LogP contribution in [-0.2, 0) is 0 Å². The van der Waals surface area contributed by atoms with Gasteiger partial charge in [0.25, 0.3) is 0 Å². The van der Waals surface area contributed by atoms with E-state index in [-0.39, 0.29) is 42.3 Å². The van der Waals surface area contributed by atoms with Crippen molar-refractivity contribution in [1.82, 2.24) is 0 Å². The van der Waals surface area contributed by atoms with Crippen LogP contribution >= 0.6 is 0 Å². The predicted molar refractivity (Wildman–Crippen MR) is 86.7 cm³/mol. The molecule has 0 aromatic heterocycles. The third kappa shape index (κ3) is 16.0. The van der Waals surface area contributed by atoms with Gasteiger partial charge >= 0.3 is 128 Å². The second-order valence-corrected chi connectivity index (χ2v) is 29.9. The Balaban J connectivity index is 3.17. The second kappa shape index (κ2) is 9.02. The number of rotatable bonds is 9. The molecular formula is C12H30Si2Sn2. The molecule has 0 saturated heterocycles. The van der Waals surface area contributed by atoms with E-state index in [9.17, 15) is 0 Å². The standard InChI is InChI=1S/2C4H11Si.C4H8.2Sn/c2*1-5(2,3)4;1-3-4-2;;/h2*1H2,2-4H3;1-4H2;;. The van der Waals surface area contributed by atoms with Crippen molar-refractivity contribution in [2.75, 3.05) is 0 Å². The van der Waals surface area contributed by atoms with Gasteiger partial charge in [0.05, 0.1) is 0 Å². The molecule has 0 amide bonds. The van der Waals surface area contributed by atoms with Crippen LogP contribution in [0.25, 0.3) is 0 Å². The van der Waals surface area contributed by atoms with E-state index in [1.165, 1.54) is 0 Å². The van der Waals surface area contributed by atoms with Crippen LogP contribution in [0.1, 0.15) is 12.8 Å². The zero-order valence-corrected chi connectivity index (χ0v) is 20.0. The van der Waals surface area contributed by atoms with E-state index >= 15 is 0 Å². The van der Waals surface area contributed by atoms with Gasteiger partial charge in [0.15, 0.2) is 0 Å². The molecule has 0 rings (SSSR count). The van der Waals surface area contributed by atoms with Crippen molar-refractivity contribution in [3.05, 3.63) is 0 Å². The van der Waals surface area contributed by atoms with E-state index in [1.54, 1.807) is 29.8 Å². The molecule has 0 saturated carbocycles. The molecular weight excluding hydrogens is 438 g/mol. The van der Waals surface area contributed by atoms with Gasteiger partial charge in [0.1, 0.15) is 0 Å². The molecule has 4 heteroatoms. The average molecular weight is 468 g/mol. The minimum absolute atomic E-state index is 0.0718. The molecule has 0 heterocycles.